The van der Waals surface area contributed by atoms with Gasteiger partial charge in [0.25, 0.3) is 11.8 Å². The van der Waals surface area contributed by atoms with E-state index in [0.29, 0.717) is 28.8 Å². The largest absolute Gasteiger partial charge is 0.351 e. The van der Waals surface area contributed by atoms with Crippen molar-refractivity contribution in [2.45, 2.75) is 45.6 Å². The second-order valence-corrected chi connectivity index (χ2v) is 8.09. The summed E-state index contributed by atoms with van der Waals surface area (Å²) in [5.41, 5.74) is 1.09. The molecule has 2 aromatic rings. The number of nitrogens with zero attached hydrogens (tertiary/aromatic N) is 3. The van der Waals surface area contributed by atoms with Crippen molar-refractivity contribution < 1.29 is 9.59 Å². The monoisotopic (exact) mass is 401 g/mol. The summed E-state index contributed by atoms with van der Waals surface area (Å²) < 4.78 is 0. The Kier molecular flexibility index (Phi) is 7.11. The maximum absolute atomic E-state index is 12.5. The minimum absolute atomic E-state index is 0.134. The van der Waals surface area contributed by atoms with Crippen LogP contribution in [0.3, 0.4) is 0 Å². The van der Waals surface area contributed by atoms with Gasteiger partial charge in [0.05, 0.1) is 0 Å². The van der Waals surface area contributed by atoms with Crippen LogP contribution in [0.15, 0.2) is 24.3 Å². The number of carbonyl (C=O) groups is 2. The molecule has 1 aliphatic rings. The van der Waals surface area contributed by atoms with Gasteiger partial charge in [-0.2, -0.15) is 0 Å². The number of hydrogen-bond acceptors (Lipinski definition) is 6. The number of rotatable bonds is 7. The molecule has 0 unspecified atom stereocenters. The van der Waals surface area contributed by atoms with Crippen molar-refractivity contribution in [2.24, 2.45) is 0 Å². The second kappa shape index (κ2) is 9.75. The first-order valence-electron chi connectivity index (χ1n) is 9.83. The molecule has 1 aromatic heterocycles. The molecule has 8 heteroatoms. The van der Waals surface area contributed by atoms with Gasteiger partial charge in [-0.3, -0.25) is 14.5 Å². The smallest absolute Gasteiger partial charge is 0.286 e. The SMILES string of the molecule is CCc1nnc(C(=O)Nc2cccc(C(=O)NCCN3CCCC[C@H]3C)c2)s1. The molecule has 1 aromatic carbocycles. The summed E-state index contributed by atoms with van der Waals surface area (Å²) in [6.45, 7) is 6.79. The molecule has 2 heterocycles. The summed E-state index contributed by atoms with van der Waals surface area (Å²) >= 11 is 1.28. The normalized spacial score (nSPS) is 17.3. The molecule has 28 heavy (non-hydrogen) atoms. The first kappa shape index (κ1) is 20.4. The zero-order valence-electron chi connectivity index (χ0n) is 16.4. The average Bonchev–Trinajstić information content (AvgIpc) is 3.19. The minimum Gasteiger partial charge on any atom is -0.351 e. The van der Waals surface area contributed by atoms with E-state index in [2.05, 4.69) is 32.7 Å². The third-order valence-corrected chi connectivity index (χ3v) is 6.04. The topological polar surface area (TPSA) is 87.2 Å². The van der Waals surface area contributed by atoms with Crippen LogP contribution in [0.1, 0.15) is 58.3 Å². The summed E-state index contributed by atoms with van der Waals surface area (Å²) in [4.78, 5) is 27.2. The number of carbonyl (C=O) groups excluding carboxylic acids is 2. The van der Waals surface area contributed by atoms with E-state index in [1.54, 1.807) is 24.3 Å². The zero-order chi connectivity index (χ0) is 19.9. The first-order chi connectivity index (χ1) is 13.6. The van der Waals surface area contributed by atoms with Crippen molar-refractivity contribution in [1.82, 2.24) is 20.4 Å². The number of benzene rings is 1. The molecule has 150 valence electrons. The lowest BCUT2D eigenvalue weighted by Gasteiger charge is -2.33. The Morgan fingerprint density at radius 3 is 2.86 bits per heavy atom. The van der Waals surface area contributed by atoms with Crippen molar-refractivity contribution in [3.8, 4) is 0 Å². The molecule has 1 aliphatic heterocycles. The van der Waals surface area contributed by atoms with E-state index in [4.69, 9.17) is 0 Å². The van der Waals surface area contributed by atoms with E-state index >= 15 is 0 Å². The maximum Gasteiger partial charge on any atom is 0.286 e. The molecule has 0 spiro atoms. The average molecular weight is 402 g/mol. The van der Waals surface area contributed by atoms with E-state index in [0.717, 1.165) is 24.5 Å². The number of aryl methyl sites for hydroxylation is 1. The highest BCUT2D eigenvalue weighted by Gasteiger charge is 2.18. The zero-order valence-corrected chi connectivity index (χ0v) is 17.2. The van der Waals surface area contributed by atoms with Gasteiger partial charge in [-0.25, -0.2) is 0 Å². The van der Waals surface area contributed by atoms with Crippen LogP contribution in [0.2, 0.25) is 0 Å². The highest BCUT2D eigenvalue weighted by molar-refractivity contribution is 7.13. The summed E-state index contributed by atoms with van der Waals surface area (Å²) in [6, 6.07) is 7.52. The molecule has 0 aliphatic carbocycles. The number of amides is 2. The van der Waals surface area contributed by atoms with Gasteiger partial charge in [-0.05, 0) is 50.9 Å². The molecular weight excluding hydrogens is 374 g/mol. The standard InChI is InChI=1S/C20H27N5O2S/c1-3-17-23-24-20(28-17)19(27)22-16-9-6-8-15(13-16)18(26)21-10-12-25-11-5-4-7-14(25)2/h6,8-9,13-14H,3-5,7,10-12H2,1-2H3,(H,21,26)(H,22,27)/t14-/m1/s1. The Morgan fingerprint density at radius 1 is 1.25 bits per heavy atom. The molecular formula is C20H27N5O2S. The highest BCUT2D eigenvalue weighted by Crippen LogP contribution is 2.16. The van der Waals surface area contributed by atoms with Gasteiger partial charge in [0, 0.05) is 30.4 Å². The number of anilines is 1. The Hall–Kier alpha value is -2.32. The van der Waals surface area contributed by atoms with Gasteiger partial charge in [0.2, 0.25) is 5.01 Å². The lowest BCUT2D eigenvalue weighted by Crippen LogP contribution is -2.42. The van der Waals surface area contributed by atoms with Crippen LogP contribution in [0, 0.1) is 0 Å². The van der Waals surface area contributed by atoms with Crippen LogP contribution in [-0.4, -0.2) is 52.6 Å². The van der Waals surface area contributed by atoms with Crippen LogP contribution >= 0.6 is 11.3 Å². The van der Waals surface area contributed by atoms with Gasteiger partial charge in [-0.1, -0.05) is 30.7 Å². The molecule has 3 rings (SSSR count). The molecule has 0 bridgehead atoms. The van der Waals surface area contributed by atoms with Crippen molar-refractivity contribution in [3.63, 3.8) is 0 Å². The van der Waals surface area contributed by atoms with Crippen LogP contribution in [0.5, 0.6) is 0 Å². The third kappa shape index (κ3) is 5.36. The molecule has 0 saturated carbocycles. The molecule has 7 nitrogen and oxygen atoms in total. The van der Waals surface area contributed by atoms with Gasteiger partial charge in [-0.15, -0.1) is 10.2 Å². The number of piperidine rings is 1. The lowest BCUT2D eigenvalue weighted by molar-refractivity contribution is 0.0937. The van der Waals surface area contributed by atoms with Crippen molar-refractivity contribution in [2.75, 3.05) is 25.0 Å². The maximum atomic E-state index is 12.5. The molecule has 1 atom stereocenters. The lowest BCUT2D eigenvalue weighted by atomic mass is 10.0. The summed E-state index contributed by atoms with van der Waals surface area (Å²) in [7, 11) is 0. The molecule has 0 radical (unpaired) electrons. The van der Waals surface area contributed by atoms with E-state index in [1.807, 2.05) is 6.92 Å². The summed E-state index contributed by atoms with van der Waals surface area (Å²) in [5.74, 6) is -0.446. The van der Waals surface area contributed by atoms with Crippen LogP contribution < -0.4 is 10.6 Å². The molecule has 1 fully saturated rings. The van der Waals surface area contributed by atoms with Crippen LogP contribution in [-0.2, 0) is 6.42 Å². The first-order valence-corrected chi connectivity index (χ1v) is 10.6. The Bertz CT molecular complexity index is 822. The number of likely N-dealkylation sites (tertiary alicyclic amines) is 1. The fraction of sp³-hybridized carbons (Fsp3) is 0.500. The van der Waals surface area contributed by atoms with Gasteiger partial charge in [0.1, 0.15) is 5.01 Å². The minimum atomic E-state index is -0.311. The second-order valence-electron chi connectivity index (χ2n) is 7.03. The fourth-order valence-corrected chi connectivity index (χ4v) is 3.99. The summed E-state index contributed by atoms with van der Waals surface area (Å²) in [6.07, 6.45) is 4.49. The van der Waals surface area contributed by atoms with Crippen LogP contribution in [0.4, 0.5) is 5.69 Å². The third-order valence-electron chi connectivity index (χ3n) is 4.97. The van der Waals surface area contributed by atoms with E-state index in [9.17, 15) is 9.59 Å². The van der Waals surface area contributed by atoms with Gasteiger partial charge in [0.15, 0.2) is 0 Å². The predicted molar refractivity (Wildman–Crippen MR) is 111 cm³/mol. The van der Waals surface area contributed by atoms with E-state index < -0.39 is 0 Å². The van der Waals surface area contributed by atoms with Crippen molar-refractivity contribution in [3.05, 3.63) is 39.8 Å². The number of hydrogen-bond donors (Lipinski definition) is 2. The Balaban J connectivity index is 1.53. The quantitative estimate of drug-likeness (QED) is 0.745. The van der Waals surface area contributed by atoms with Crippen LogP contribution in [0.25, 0.3) is 0 Å². The molecule has 2 amide bonds. The molecule has 2 N–H and O–H groups in total. The van der Waals surface area contributed by atoms with Gasteiger partial charge >= 0.3 is 0 Å². The fourth-order valence-electron chi connectivity index (χ4n) is 3.32. The number of nitrogens with one attached hydrogen (secondary N) is 2. The number of aromatic nitrogens is 2. The highest BCUT2D eigenvalue weighted by atomic mass is 32.1. The van der Waals surface area contributed by atoms with Crippen molar-refractivity contribution >= 4 is 28.8 Å². The Labute approximate surface area is 169 Å². The molecule has 1 saturated heterocycles. The van der Waals surface area contributed by atoms with Gasteiger partial charge < -0.3 is 10.6 Å². The Morgan fingerprint density at radius 2 is 2.11 bits per heavy atom. The summed E-state index contributed by atoms with van der Waals surface area (Å²) in [5, 5.41) is 14.8. The van der Waals surface area contributed by atoms with E-state index in [1.165, 1.54) is 30.6 Å². The van der Waals surface area contributed by atoms with E-state index in [-0.39, 0.29) is 11.8 Å². The predicted octanol–water partition coefficient (Wildman–Crippen LogP) is 2.96. The van der Waals surface area contributed by atoms with Crippen molar-refractivity contribution in [1.29, 1.82) is 0 Å².